The number of likely N-dealkylation sites (tertiary alicyclic amines) is 1. The number of sulfone groups is 1. The number of benzene rings is 3. The molecule has 1 aliphatic heterocycles. The van der Waals surface area contributed by atoms with E-state index in [1.54, 1.807) is 36.4 Å². The van der Waals surface area contributed by atoms with E-state index >= 15 is 0 Å². The molecule has 0 saturated carbocycles. The molecule has 3 N–H and O–H groups in total. The third-order valence-electron chi connectivity index (χ3n) is 9.41. The zero-order valence-corrected chi connectivity index (χ0v) is 29.7. The topological polar surface area (TPSA) is 122 Å². The van der Waals surface area contributed by atoms with Crippen molar-refractivity contribution in [2.75, 3.05) is 13.1 Å². The van der Waals surface area contributed by atoms with E-state index in [-0.39, 0.29) is 22.6 Å². The number of nitrogens with one attached hydrogen (secondary N) is 1. The van der Waals surface area contributed by atoms with Gasteiger partial charge in [-0.15, -0.1) is 0 Å². The Morgan fingerprint density at radius 2 is 1.33 bits per heavy atom. The quantitative estimate of drug-likeness (QED) is 0.151. The van der Waals surface area contributed by atoms with E-state index in [2.05, 4.69) is 50.5 Å². The van der Waals surface area contributed by atoms with E-state index in [1.165, 1.54) is 11.1 Å². The van der Waals surface area contributed by atoms with Crippen molar-refractivity contribution in [3.63, 3.8) is 0 Å². The van der Waals surface area contributed by atoms with Gasteiger partial charge in [0.05, 0.1) is 28.1 Å². The summed E-state index contributed by atoms with van der Waals surface area (Å²) in [5, 5.41) is 3.47. The molecule has 9 nitrogen and oxygen atoms in total. The van der Waals surface area contributed by atoms with Crippen molar-refractivity contribution >= 4 is 15.7 Å². The maximum Gasteiger partial charge on any atom is 0.239 e. The number of carbonyl (C=O) groups excluding carboxylic acids is 1. The van der Waals surface area contributed by atoms with Crippen LogP contribution in [0.2, 0.25) is 0 Å². The maximum absolute atomic E-state index is 13.5. The molecular weight excluding hydrogens is 657 g/mol. The summed E-state index contributed by atoms with van der Waals surface area (Å²) in [5.41, 5.74) is 12.5. The number of amides is 1. The van der Waals surface area contributed by atoms with Crippen molar-refractivity contribution in [2.45, 2.75) is 68.2 Å². The fraction of sp³-hybridized carbons (Fsp3) is 0.293. The van der Waals surface area contributed by atoms with Gasteiger partial charge in [-0.3, -0.25) is 19.7 Å². The van der Waals surface area contributed by atoms with Crippen molar-refractivity contribution in [2.24, 2.45) is 5.73 Å². The SMILES string of the molecule is N[C@@H](Cc1ccc(S(=O)(=O)Cc2ccccc2)cc1)C(=O)N1CCC(N(Cc2ccc(CNCc3ccccn3)cc2)Cc2ccccn2)CC1. The summed E-state index contributed by atoms with van der Waals surface area (Å²) in [6, 6.07) is 36.2. The van der Waals surface area contributed by atoms with Gasteiger partial charge in [0.1, 0.15) is 0 Å². The minimum Gasteiger partial charge on any atom is -0.341 e. The van der Waals surface area contributed by atoms with Crippen molar-refractivity contribution in [1.29, 1.82) is 0 Å². The first kappa shape index (κ1) is 36.1. The van der Waals surface area contributed by atoms with Crippen LogP contribution in [-0.4, -0.2) is 59.3 Å². The summed E-state index contributed by atoms with van der Waals surface area (Å²) >= 11 is 0. The van der Waals surface area contributed by atoms with Crippen LogP contribution in [0.1, 0.15) is 46.5 Å². The molecule has 1 saturated heterocycles. The molecule has 0 unspecified atom stereocenters. The Hall–Kier alpha value is -4.74. The normalized spacial score (nSPS) is 14.4. The average Bonchev–Trinajstić information content (AvgIpc) is 3.16. The van der Waals surface area contributed by atoms with Crippen LogP contribution in [0.5, 0.6) is 0 Å². The first-order valence-electron chi connectivity index (χ1n) is 17.5. The van der Waals surface area contributed by atoms with Crippen LogP contribution in [0.3, 0.4) is 0 Å². The first-order chi connectivity index (χ1) is 24.8. The van der Waals surface area contributed by atoms with Gasteiger partial charge in [0.15, 0.2) is 9.84 Å². The van der Waals surface area contributed by atoms with Gasteiger partial charge in [-0.2, -0.15) is 0 Å². The number of nitrogens with two attached hydrogens (primary N) is 1. The van der Waals surface area contributed by atoms with Crippen LogP contribution in [0.25, 0.3) is 0 Å². The lowest BCUT2D eigenvalue weighted by Crippen LogP contribution is -2.51. The summed E-state index contributed by atoms with van der Waals surface area (Å²) in [6.07, 6.45) is 5.68. The highest BCUT2D eigenvalue weighted by Crippen LogP contribution is 2.23. The number of aromatic nitrogens is 2. The van der Waals surface area contributed by atoms with Crippen LogP contribution in [0, 0.1) is 0 Å². The number of rotatable bonds is 15. The highest BCUT2D eigenvalue weighted by molar-refractivity contribution is 7.90. The summed E-state index contributed by atoms with van der Waals surface area (Å²) in [7, 11) is -3.48. The lowest BCUT2D eigenvalue weighted by atomic mass is 9.99. The number of piperidine rings is 1. The second kappa shape index (κ2) is 17.5. The monoisotopic (exact) mass is 702 g/mol. The molecule has 264 valence electrons. The highest BCUT2D eigenvalue weighted by Gasteiger charge is 2.30. The number of nitrogens with zero attached hydrogens (tertiary/aromatic N) is 4. The van der Waals surface area contributed by atoms with Crippen LogP contribution in [0.15, 0.2) is 133 Å². The van der Waals surface area contributed by atoms with Crippen molar-refractivity contribution < 1.29 is 13.2 Å². The Kier molecular flexibility index (Phi) is 12.3. The fourth-order valence-electron chi connectivity index (χ4n) is 6.59. The van der Waals surface area contributed by atoms with Crippen LogP contribution >= 0.6 is 0 Å². The largest absolute Gasteiger partial charge is 0.341 e. The zero-order chi connectivity index (χ0) is 35.5. The Morgan fingerprint density at radius 3 is 1.98 bits per heavy atom. The molecule has 10 heteroatoms. The summed E-state index contributed by atoms with van der Waals surface area (Å²) in [6.45, 7) is 4.27. The van der Waals surface area contributed by atoms with E-state index < -0.39 is 15.9 Å². The molecule has 1 aliphatic rings. The Labute approximate surface area is 301 Å². The first-order valence-corrected chi connectivity index (χ1v) is 19.2. The number of hydrogen-bond donors (Lipinski definition) is 2. The van der Waals surface area contributed by atoms with Crippen molar-refractivity contribution in [1.82, 2.24) is 25.1 Å². The molecular formula is C41H46N6O3S. The molecule has 3 heterocycles. The van der Waals surface area contributed by atoms with E-state index in [9.17, 15) is 13.2 Å². The van der Waals surface area contributed by atoms with Crippen molar-refractivity contribution in [3.8, 4) is 0 Å². The fourth-order valence-corrected chi connectivity index (χ4v) is 7.93. The van der Waals surface area contributed by atoms with Crippen LogP contribution in [-0.2, 0) is 53.0 Å². The third kappa shape index (κ3) is 10.4. The molecule has 3 aromatic carbocycles. The Balaban J connectivity index is 1.02. The van der Waals surface area contributed by atoms with E-state index in [1.807, 2.05) is 65.8 Å². The van der Waals surface area contributed by atoms with Gasteiger partial charge < -0.3 is 16.0 Å². The summed E-state index contributed by atoms with van der Waals surface area (Å²) in [4.78, 5) is 27.0. The Morgan fingerprint density at radius 1 is 0.725 bits per heavy atom. The third-order valence-corrected chi connectivity index (χ3v) is 11.1. The van der Waals surface area contributed by atoms with E-state index in [4.69, 9.17) is 5.73 Å². The molecule has 0 bridgehead atoms. The number of carbonyl (C=O) groups is 1. The second-order valence-electron chi connectivity index (χ2n) is 13.2. The molecule has 6 rings (SSSR count). The summed E-state index contributed by atoms with van der Waals surface area (Å²) < 4.78 is 25.8. The smallest absolute Gasteiger partial charge is 0.239 e. The van der Waals surface area contributed by atoms with Crippen LogP contribution < -0.4 is 11.1 Å². The minimum absolute atomic E-state index is 0.0573. The van der Waals surface area contributed by atoms with Crippen molar-refractivity contribution in [3.05, 3.63) is 161 Å². The number of hydrogen-bond acceptors (Lipinski definition) is 8. The van der Waals surface area contributed by atoms with Gasteiger partial charge in [0.25, 0.3) is 0 Å². The van der Waals surface area contributed by atoms with Gasteiger partial charge in [0, 0.05) is 57.7 Å². The molecule has 1 atom stereocenters. The van der Waals surface area contributed by atoms with Gasteiger partial charge in [0.2, 0.25) is 5.91 Å². The molecule has 2 aromatic heterocycles. The predicted molar refractivity (Wildman–Crippen MR) is 200 cm³/mol. The maximum atomic E-state index is 13.5. The standard InChI is InChI=1S/C41H46N6O3S/c42-40(26-32-16-18-39(19-17-32)51(49,50)31-35-8-2-1-3-9-35)41(48)46-24-20-38(21-25-46)47(30-37-11-5-7-23-45-37)29-34-14-12-33(13-15-34)27-43-28-36-10-4-6-22-44-36/h1-19,22-23,38,40,43H,20-21,24-31,42H2/t40-/m0/s1. The molecule has 0 spiro atoms. The molecule has 51 heavy (non-hydrogen) atoms. The van der Waals surface area contributed by atoms with Gasteiger partial charge in [-0.05, 0) is 77.9 Å². The Bertz CT molecular complexity index is 1920. The number of pyridine rings is 2. The van der Waals surface area contributed by atoms with Gasteiger partial charge in [-0.25, -0.2) is 8.42 Å². The minimum atomic E-state index is -3.48. The lowest BCUT2D eigenvalue weighted by molar-refractivity contribution is -0.134. The molecule has 5 aromatic rings. The second-order valence-corrected chi connectivity index (χ2v) is 15.2. The predicted octanol–water partition coefficient (Wildman–Crippen LogP) is 5.30. The molecule has 0 radical (unpaired) electrons. The molecule has 1 amide bonds. The lowest BCUT2D eigenvalue weighted by Gasteiger charge is -2.39. The average molecular weight is 703 g/mol. The van der Waals surface area contributed by atoms with E-state index in [0.29, 0.717) is 19.5 Å². The van der Waals surface area contributed by atoms with Gasteiger partial charge >= 0.3 is 0 Å². The van der Waals surface area contributed by atoms with E-state index in [0.717, 1.165) is 61.5 Å². The summed E-state index contributed by atoms with van der Waals surface area (Å²) in [5.74, 6) is -0.129. The molecule has 0 aliphatic carbocycles. The zero-order valence-electron chi connectivity index (χ0n) is 28.8. The highest BCUT2D eigenvalue weighted by atomic mass is 32.2. The van der Waals surface area contributed by atoms with Crippen LogP contribution in [0.4, 0.5) is 0 Å². The molecule has 1 fully saturated rings. The van der Waals surface area contributed by atoms with Gasteiger partial charge in [-0.1, -0.05) is 78.9 Å².